The second-order valence-corrected chi connectivity index (χ2v) is 4.94. The van der Waals surface area contributed by atoms with Gasteiger partial charge in [-0.3, -0.25) is 0 Å². The maximum Gasteiger partial charge on any atom is 0.121 e. The van der Waals surface area contributed by atoms with Gasteiger partial charge < -0.3 is 15.5 Å². The van der Waals surface area contributed by atoms with Gasteiger partial charge in [0, 0.05) is 18.0 Å². The molecule has 0 saturated heterocycles. The zero-order valence-electron chi connectivity index (χ0n) is 11.7. The van der Waals surface area contributed by atoms with Gasteiger partial charge in [0.05, 0.1) is 19.0 Å². The summed E-state index contributed by atoms with van der Waals surface area (Å²) in [5.41, 5.74) is 9.03. The van der Waals surface area contributed by atoms with Crippen LogP contribution in [-0.4, -0.2) is 23.1 Å². The van der Waals surface area contributed by atoms with E-state index in [1.807, 2.05) is 32.2 Å². The van der Waals surface area contributed by atoms with Crippen molar-refractivity contribution in [2.45, 2.75) is 32.7 Å². The molecule has 0 aliphatic heterocycles. The normalized spacial score (nSPS) is 12.4. The molecular formula is C15H21N3O. The van der Waals surface area contributed by atoms with Crippen molar-refractivity contribution in [1.82, 2.24) is 9.97 Å². The van der Waals surface area contributed by atoms with E-state index < -0.39 is 0 Å². The molecule has 0 fully saturated rings. The Morgan fingerprint density at radius 3 is 2.84 bits per heavy atom. The van der Waals surface area contributed by atoms with Crippen LogP contribution in [0, 0.1) is 6.92 Å². The third-order valence-electron chi connectivity index (χ3n) is 3.17. The van der Waals surface area contributed by atoms with Gasteiger partial charge in [-0.05, 0) is 44.0 Å². The topological polar surface area (TPSA) is 63.9 Å². The van der Waals surface area contributed by atoms with Crippen molar-refractivity contribution in [3.05, 3.63) is 35.8 Å². The van der Waals surface area contributed by atoms with Crippen molar-refractivity contribution < 1.29 is 4.74 Å². The van der Waals surface area contributed by atoms with Crippen molar-refractivity contribution in [3.8, 4) is 17.0 Å². The molecule has 0 radical (unpaired) electrons. The number of nitrogens with one attached hydrogen (secondary N) is 1. The van der Waals surface area contributed by atoms with Crippen LogP contribution >= 0.6 is 0 Å². The van der Waals surface area contributed by atoms with E-state index in [1.54, 1.807) is 7.11 Å². The lowest BCUT2D eigenvalue weighted by atomic mass is 10.1. The minimum atomic E-state index is 0.205. The molecule has 4 heteroatoms. The molecule has 0 amide bonds. The van der Waals surface area contributed by atoms with Crippen molar-refractivity contribution in [1.29, 1.82) is 0 Å². The molecule has 3 N–H and O–H groups in total. The summed E-state index contributed by atoms with van der Waals surface area (Å²) in [6.07, 6.45) is 3.69. The van der Waals surface area contributed by atoms with Gasteiger partial charge in [0.2, 0.25) is 0 Å². The number of nitrogens with two attached hydrogens (primary N) is 1. The summed E-state index contributed by atoms with van der Waals surface area (Å²) in [6, 6.07) is 6.32. The predicted octanol–water partition coefficient (Wildman–Crippen LogP) is 2.67. The molecule has 2 rings (SSSR count). The first-order valence-corrected chi connectivity index (χ1v) is 6.54. The second kappa shape index (κ2) is 5.89. The SMILES string of the molecule is COc1ccc(-c2cnc(CCC(C)N)[nH]2)cc1C. The molecule has 102 valence electrons. The molecule has 0 spiro atoms. The van der Waals surface area contributed by atoms with E-state index in [-0.39, 0.29) is 6.04 Å². The monoisotopic (exact) mass is 259 g/mol. The summed E-state index contributed by atoms with van der Waals surface area (Å²) in [5, 5.41) is 0. The summed E-state index contributed by atoms with van der Waals surface area (Å²) in [4.78, 5) is 7.74. The number of H-pyrrole nitrogens is 1. The van der Waals surface area contributed by atoms with Crippen LogP contribution in [-0.2, 0) is 6.42 Å². The number of benzene rings is 1. The van der Waals surface area contributed by atoms with Crippen LogP contribution in [0.2, 0.25) is 0 Å². The first-order valence-electron chi connectivity index (χ1n) is 6.54. The Morgan fingerprint density at radius 1 is 1.42 bits per heavy atom. The fourth-order valence-corrected chi connectivity index (χ4v) is 2.05. The maximum absolute atomic E-state index is 5.75. The minimum Gasteiger partial charge on any atom is -0.496 e. The quantitative estimate of drug-likeness (QED) is 0.867. The predicted molar refractivity (Wildman–Crippen MR) is 77.3 cm³/mol. The lowest BCUT2D eigenvalue weighted by molar-refractivity contribution is 0.412. The van der Waals surface area contributed by atoms with Gasteiger partial charge in [0.25, 0.3) is 0 Å². The van der Waals surface area contributed by atoms with Gasteiger partial charge in [-0.1, -0.05) is 0 Å². The van der Waals surface area contributed by atoms with Crippen LogP contribution in [0.15, 0.2) is 24.4 Å². The largest absolute Gasteiger partial charge is 0.496 e. The molecule has 1 aromatic heterocycles. The molecule has 1 atom stereocenters. The van der Waals surface area contributed by atoms with Crippen molar-refractivity contribution in [2.24, 2.45) is 5.73 Å². The Bertz CT molecular complexity index is 546. The number of hydrogen-bond donors (Lipinski definition) is 2. The van der Waals surface area contributed by atoms with E-state index in [0.29, 0.717) is 0 Å². The summed E-state index contributed by atoms with van der Waals surface area (Å²) in [5.74, 6) is 1.89. The van der Waals surface area contributed by atoms with Crippen LogP contribution < -0.4 is 10.5 Å². The number of nitrogens with zero attached hydrogens (tertiary/aromatic N) is 1. The molecule has 0 saturated carbocycles. The number of aromatic amines is 1. The highest BCUT2D eigenvalue weighted by Crippen LogP contribution is 2.25. The van der Waals surface area contributed by atoms with Gasteiger partial charge in [-0.25, -0.2) is 4.98 Å². The molecule has 19 heavy (non-hydrogen) atoms. The zero-order chi connectivity index (χ0) is 13.8. The number of ether oxygens (including phenoxy) is 1. The standard InChI is InChI=1S/C15H21N3O/c1-10-8-12(5-6-14(10)19-3)13-9-17-15(18-13)7-4-11(2)16/h5-6,8-9,11H,4,7,16H2,1-3H3,(H,17,18). The molecule has 0 bridgehead atoms. The number of methoxy groups -OCH3 is 1. The van der Waals surface area contributed by atoms with E-state index in [1.165, 1.54) is 0 Å². The smallest absolute Gasteiger partial charge is 0.121 e. The Labute approximate surface area is 114 Å². The molecule has 2 aromatic rings. The first-order chi connectivity index (χ1) is 9.10. The Kier molecular flexibility index (Phi) is 4.22. The van der Waals surface area contributed by atoms with Crippen molar-refractivity contribution in [2.75, 3.05) is 7.11 Å². The van der Waals surface area contributed by atoms with Crippen molar-refractivity contribution in [3.63, 3.8) is 0 Å². The minimum absolute atomic E-state index is 0.205. The average molecular weight is 259 g/mol. The van der Waals surface area contributed by atoms with Gasteiger partial charge >= 0.3 is 0 Å². The molecule has 1 aromatic carbocycles. The summed E-state index contributed by atoms with van der Waals surface area (Å²) >= 11 is 0. The van der Waals surface area contributed by atoms with Crippen LogP contribution in [0.4, 0.5) is 0 Å². The van der Waals surface area contributed by atoms with E-state index >= 15 is 0 Å². The highest BCUT2D eigenvalue weighted by molar-refractivity contribution is 5.61. The van der Waals surface area contributed by atoms with Gasteiger partial charge in [-0.15, -0.1) is 0 Å². The Morgan fingerprint density at radius 2 is 2.21 bits per heavy atom. The molecule has 4 nitrogen and oxygen atoms in total. The maximum atomic E-state index is 5.75. The molecule has 1 heterocycles. The highest BCUT2D eigenvalue weighted by atomic mass is 16.5. The lowest BCUT2D eigenvalue weighted by Gasteiger charge is -2.06. The zero-order valence-corrected chi connectivity index (χ0v) is 11.7. The van der Waals surface area contributed by atoms with E-state index in [0.717, 1.165) is 41.2 Å². The molecule has 1 unspecified atom stereocenters. The third-order valence-corrected chi connectivity index (χ3v) is 3.17. The third kappa shape index (κ3) is 3.35. The van der Waals surface area contributed by atoms with Crippen LogP contribution in [0.5, 0.6) is 5.75 Å². The van der Waals surface area contributed by atoms with Gasteiger partial charge in [0.1, 0.15) is 11.6 Å². The molecule has 0 aliphatic rings. The van der Waals surface area contributed by atoms with Gasteiger partial charge in [0.15, 0.2) is 0 Å². The fourth-order valence-electron chi connectivity index (χ4n) is 2.05. The van der Waals surface area contributed by atoms with E-state index in [9.17, 15) is 0 Å². The number of aromatic nitrogens is 2. The Hall–Kier alpha value is -1.81. The highest BCUT2D eigenvalue weighted by Gasteiger charge is 2.06. The number of hydrogen-bond acceptors (Lipinski definition) is 3. The molecular weight excluding hydrogens is 238 g/mol. The average Bonchev–Trinajstić information content (AvgIpc) is 2.85. The Balaban J connectivity index is 2.16. The second-order valence-electron chi connectivity index (χ2n) is 4.94. The number of aryl methyl sites for hydroxylation is 2. The molecule has 0 aliphatic carbocycles. The van der Waals surface area contributed by atoms with Gasteiger partial charge in [-0.2, -0.15) is 0 Å². The lowest BCUT2D eigenvalue weighted by Crippen LogP contribution is -2.15. The summed E-state index contributed by atoms with van der Waals surface area (Å²) in [7, 11) is 1.68. The van der Waals surface area contributed by atoms with Crippen LogP contribution in [0.1, 0.15) is 24.7 Å². The summed E-state index contributed by atoms with van der Waals surface area (Å²) in [6.45, 7) is 4.05. The van der Waals surface area contributed by atoms with E-state index in [4.69, 9.17) is 10.5 Å². The summed E-state index contributed by atoms with van der Waals surface area (Å²) < 4.78 is 5.27. The van der Waals surface area contributed by atoms with Crippen LogP contribution in [0.25, 0.3) is 11.3 Å². The fraction of sp³-hybridized carbons (Fsp3) is 0.400. The number of rotatable bonds is 5. The van der Waals surface area contributed by atoms with Crippen LogP contribution in [0.3, 0.4) is 0 Å². The first kappa shape index (κ1) is 13.6. The number of imidazole rings is 1. The van der Waals surface area contributed by atoms with Crippen molar-refractivity contribution >= 4 is 0 Å². The van der Waals surface area contributed by atoms with E-state index in [2.05, 4.69) is 16.0 Å².